The van der Waals surface area contributed by atoms with Crippen LogP contribution in [0.1, 0.15) is 47.9 Å². The molecule has 2 aliphatic carbocycles. The van der Waals surface area contributed by atoms with Gasteiger partial charge in [-0.05, 0) is 85.2 Å². The Kier molecular flexibility index (Phi) is 4.77. The Morgan fingerprint density at radius 2 is 2.00 bits per heavy atom. The molecule has 2 aromatic carbocycles. The summed E-state index contributed by atoms with van der Waals surface area (Å²) in [6, 6.07) is 16.1. The molecule has 2 aromatic rings. The van der Waals surface area contributed by atoms with E-state index in [1.165, 1.54) is 35.1 Å². The van der Waals surface area contributed by atoms with Crippen molar-refractivity contribution in [3.8, 4) is 0 Å². The van der Waals surface area contributed by atoms with Crippen molar-refractivity contribution in [3.63, 3.8) is 0 Å². The first-order chi connectivity index (χ1) is 16.6. The summed E-state index contributed by atoms with van der Waals surface area (Å²) in [7, 11) is 2.20. The van der Waals surface area contributed by atoms with Gasteiger partial charge in [-0.3, -0.25) is 15.6 Å². The summed E-state index contributed by atoms with van der Waals surface area (Å²) in [5, 5.41) is 3.15. The van der Waals surface area contributed by atoms with E-state index in [0.29, 0.717) is 29.8 Å². The second kappa shape index (κ2) is 7.77. The number of carbonyl (C=O) groups excluding carboxylic acids is 1. The quantitative estimate of drug-likeness (QED) is 0.659. The maximum Gasteiger partial charge on any atom is 0.235 e. The molecule has 176 valence electrons. The van der Waals surface area contributed by atoms with E-state index in [9.17, 15) is 4.79 Å². The predicted octanol–water partition coefficient (Wildman–Crippen LogP) is 3.86. The van der Waals surface area contributed by atoms with Gasteiger partial charge in [0.2, 0.25) is 5.91 Å². The fourth-order valence-electron chi connectivity index (χ4n) is 7.49. The average molecular weight is 455 g/mol. The first kappa shape index (κ1) is 20.9. The van der Waals surface area contributed by atoms with Crippen LogP contribution in [-0.4, -0.2) is 36.5 Å². The number of para-hydroxylation sites is 1. The molecule has 0 radical (unpaired) electrons. The van der Waals surface area contributed by atoms with Crippen molar-refractivity contribution in [2.24, 2.45) is 17.8 Å². The summed E-state index contributed by atoms with van der Waals surface area (Å²) < 4.78 is 0. The van der Waals surface area contributed by atoms with Crippen LogP contribution < -0.4 is 16.2 Å². The van der Waals surface area contributed by atoms with Crippen LogP contribution in [-0.2, 0) is 23.2 Å². The standard InChI is InChI=1S/C29H34N4O/c1-33-13-12-19-14-18(6-8-21(19)17-33)7-11-25-22-10-9-20(15-27(22)32-31-25)24-16-29(24)23-4-2-3-5-26(23)30-28(29)34/h2-8,11,14,20,22,24-25,27,31-32H,9-10,12-13,15-17H2,1H3,(H,30,34)/b11-7+/t20?,22?,24-,25?,27?,29-/m0/s1. The van der Waals surface area contributed by atoms with Crippen molar-refractivity contribution in [1.82, 2.24) is 15.8 Å². The molecule has 3 aliphatic heterocycles. The first-order valence-corrected chi connectivity index (χ1v) is 13.0. The van der Waals surface area contributed by atoms with Gasteiger partial charge in [-0.1, -0.05) is 48.6 Å². The SMILES string of the molecule is CN1CCc2cc(/C=C/C3NNC4CC([C@@H]5C[C@@]56C(=O)Nc5ccccc56)CCC34)ccc2C1. The number of anilines is 1. The number of benzene rings is 2. The number of nitrogens with zero attached hydrogens (tertiary/aromatic N) is 1. The summed E-state index contributed by atoms with van der Waals surface area (Å²) in [5.41, 5.74) is 13.5. The van der Waals surface area contributed by atoms with Crippen LogP contribution in [0.3, 0.4) is 0 Å². The maximum atomic E-state index is 12.9. The largest absolute Gasteiger partial charge is 0.325 e. The van der Waals surface area contributed by atoms with E-state index >= 15 is 0 Å². The number of amides is 1. The minimum absolute atomic E-state index is 0.232. The average Bonchev–Trinajstić information content (AvgIpc) is 3.39. The summed E-state index contributed by atoms with van der Waals surface area (Å²) in [5.74, 6) is 1.96. The van der Waals surface area contributed by atoms with E-state index < -0.39 is 0 Å². The van der Waals surface area contributed by atoms with Gasteiger partial charge in [0.05, 0.1) is 5.41 Å². The summed E-state index contributed by atoms with van der Waals surface area (Å²) >= 11 is 0. The highest BCUT2D eigenvalue weighted by atomic mass is 16.2. The van der Waals surface area contributed by atoms with Gasteiger partial charge in [0.1, 0.15) is 0 Å². The molecular weight excluding hydrogens is 420 g/mol. The minimum Gasteiger partial charge on any atom is -0.325 e. The van der Waals surface area contributed by atoms with Gasteiger partial charge in [0.15, 0.2) is 0 Å². The van der Waals surface area contributed by atoms with E-state index in [-0.39, 0.29) is 11.3 Å². The number of carbonyl (C=O) groups is 1. The number of hydrazine groups is 1. The van der Waals surface area contributed by atoms with Crippen molar-refractivity contribution in [1.29, 1.82) is 0 Å². The zero-order chi connectivity index (χ0) is 22.9. The zero-order valence-corrected chi connectivity index (χ0v) is 19.9. The Bertz CT molecular complexity index is 1170. The Morgan fingerprint density at radius 3 is 2.94 bits per heavy atom. The third-order valence-electron chi connectivity index (χ3n) is 9.42. The first-order valence-electron chi connectivity index (χ1n) is 13.0. The molecule has 3 fully saturated rings. The highest BCUT2D eigenvalue weighted by molar-refractivity contribution is 6.08. The predicted molar refractivity (Wildman–Crippen MR) is 135 cm³/mol. The monoisotopic (exact) mass is 454 g/mol. The fourth-order valence-corrected chi connectivity index (χ4v) is 7.49. The molecule has 1 spiro atoms. The van der Waals surface area contributed by atoms with Gasteiger partial charge in [-0.15, -0.1) is 0 Å². The number of hydrogen-bond donors (Lipinski definition) is 3. The summed E-state index contributed by atoms with van der Waals surface area (Å²) in [6.07, 6.45) is 10.4. The van der Waals surface area contributed by atoms with Gasteiger partial charge in [0.25, 0.3) is 0 Å². The molecule has 6 atom stereocenters. The van der Waals surface area contributed by atoms with Crippen LogP contribution >= 0.6 is 0 Å². The number of nitrogens with one attached hydrogen (secondary N) is 3. The molecule has 7 rings (SSSR count). The molecule has 3 heterocycles. The lowest BCUT2D eigenvalue weighted by Gasteiger charge is -2.33. The highest BCUT2D eigenvalue weighted by Gasteiger charge is 2.67. The molecule has 4 unspecified atom stereocenters. The molecule has 0 bridgehead atoms. The van der Waals surface area contributed by atoms with Crippen molar-refractivity contribution in [2.45, 2.75) is 56.1 Å². The molecule has 3 N–H and O–H groups in total. The molecule has 1 amide bonds. The van der Waals surface area contributed by atoms with Crippen LogP contribution in [0.4, 0.5) is 5.69 Å². The van der Waals surface area contributed by atoms with E-state index in [1.807, 2.05) is 6.07 Å². The third kappa shape index (κ3) is 3.21. The van der Waals surface area contributed by atoms with E-state index in [4.69, 9.17) is 0 Å². The van der Waals surface area contributed by atoms with Gasteiger partial charge >= 0.3 is 0 Å². The second-order valence-corrected chi connectivity index (χ2v) is 11.3. The lowest BCUT2D eigenvalue weighted by atomic mass is 9.73. The minimum atomic E-state index is -0.249. The second-order valence-electron chi connectivity index (χ2n) is 11.3. The number of likely N-dealkylation sites (N-methyl/N-ethyl adjacent to an activating group) is 1. The number of rotatable bonds is 3. The van der Waals surface area contributed by atoms with Gasteiger partial charge in [-0.2, -0.15) is 0 Å². The molecule has 2 saturated carbocycles. The van der Waals surface area contributed by atoms with E-state index in [2.05, 4.69) is 76.7 Å². The van der Waals surface area contributed by atoms with Gasteiger partial charge in [-0.25, -0.2) is 0 Å². The molecule has 34 heavy (non-hydrogen) atoms. The third-order valence-corrected chi connectivity index (χ3v) is 9.42. The molecule has 5 heteroatoms. The Hall–Kier alpha value is -2.47. The van der Waals surface area contributed by atoms with Crippen molar-refractivity contribution >= 4 is 17.7 Å². The summed E-state index contributed by atoms with van der Waals surface area (Å²) in [6.45, 7) is 2.21. The molecule has 5 nitrogen and oxygen atoms in total. The lowest BCUT2D eigenvalue weighted by Crippen LogP contribution is -2.37. The van der Waals surface area contributed by atoms with Crippen LogP contribution in [0.5, 0.6) is 0 Å². The van der Waals surface area contributed by atoms with E-state index in [1.54, 1.807) is 0 Å². The van der Waals surface area contributed by atoms with Crippen molar-refractivity contribution < 1.29 is 4.79 Å². The van der Waals surface area contributed by atoms with Crippen LogP contribution in [0.15, 0.2) is 48.5 Å². The normalized spacial score (nSPS) is 36.4. The van der Waals surface area contributed by atoms with Gasteiger partial charge < -0.3 is 10.2 Å². The van der Waals surface area contributed by atoms with Crippen LogP contribution in [0.2, 0.25) is 0 Å². The van der Waals surface area contributed by atoms with Crippen molar-refractivity contribution in [2.75, 3.05) is 18.9 Å². The molecule has 5 aliphatic rings. The van der Waals surface area contributed by atoms with E-state index in [0.717, 1.165) is 38.0 Å². The number of fused-ring (bicyclic) bond motifs is 4. The molecule has 1 saturated heterocycles. The zero-order valence-electron chi connectivity index (χ0n) is 19.9. The van der Waals surface area contributed by atoms with Gasteiger partial charge in [0, 0.05) is 30.9 Å². The Labute approximate surface area is 202 Å². The maximum absolute atomic E-state index is 12.9. The van der Waals surface area contributed by atoms with Crippen molar-refractivity contribution in [3.05, 3.63) is 70.8 Å². The highest BCUT2D eigenvalue weighted by Crippen LogP contribution is 2.64. The Morgan fingerprint density at radius 1 is 1.09 bits per heavy atom. The molecule has 0 aromatic heterocycles. The fraction of sp³-hybridized carbons (Fsp3) is 0.483. The topological polar surface area (TPSA) is 56.4 Å². The Balaban J connectivity index is 1.02. The van der Waals surface area contributed by atoms with Crippen LogP contribution in [0, 0.1) is 17.8 Å². The number of hydrogen-bond acceptors (Lipinski definition) is 4. The lowest BCUT2D eigenvalue weighted by molar-refractivity contribution is -0.118. The summed E-state index contributed by atoms with van der Waals surface area (Å²) in [4.78, 5) is 15.3. The molecular formula is C29H34N4O. The smallest absolute Gasteiger partial charge is 0.235 e. The van der Waals surface area contributed by atoms with Crippen LogP contribution in [0.25, 0.3) is 6.08 Å².